The van der Waals surface area contributed by atoms with Crippen molar-refractivity contribution in [1.29, 1.82) is 0 Å². The van der Waals surface area contributed by atoms with E-state index in [4.69, 9.17) is 0 Å². The molecule has 42 heavy (non-hydrogen) atoms. The molecule has 8 nitrogen and oxygen atoms in total. The van der Waals surface area contributed by atoms with Crippen molar-refractivity contribution in [1.82, 2.24) is 10.6 Å². The topological polar surface area (TPSA) is 133 Å². The SMILES string of the molecule is CC(C)(C)c1ccc(C(=O)C[C@@H](NC2CCC(N[C@H](CC(=O)c3ccc(C(C)(C)C)cc3)C(=O)O)CC2)C(=O)O)cc1. The molecule has 2 atom stereocenters. The molecule has 0 bridgehead atoms. The van der Waals surface area contributed by atoms with Crippen molar-refractivity contribution in [2.75, 3.05) is 0 Å². The normalized spacial score (nSPS) is 19.1. The second kappa shape index (κ2) is 13.7. The first kappa shape index (κ1) is 33.1. The van der Waals surface area contributed by atoms with Crippen LogP contribution in [0.25, 0.3) is 0 Å². The second-order valence-corrected chi connectivity index (χ2v) is 13.6. The molecule has 1 saturated carbocycles. The van der Waals surface area contributed by atoms with E-state index in [1.54, 1.807) is 24.3 Å². The fourth-order valence-corrected chi connectivity index (χ4v) is 5.35. The molecular formula is C34H46N2O6. The van der Waals surface area contributed by atoms with Crippen LogP contribution in [0, 0.1) is 0 Å². The molecule has 0 radical (unpaired) electrons. The molecule has 0 saturated heterocycles. The van der Waals surface area contributed by atoms with Crippen LogP contribution in [0.2, 0.25) is 0 Å². The molecule has 1 fully saturated rings. The maximum Gasteiger partial charge on any atom is 0.321 e. The number of carbonyl (C=O) groups excluding carboxylic acids is 2. The van der Waals surface area contributed by atoms with E-state index in [2.05, 4.69) is 52.2 Å². The highest BCUT2D eigenvalue weighted by Gasteiger charge is 2.31. The molecule has 1 aliphatic carbocycles. The standard InChI is InChI=1S/C34H46N2O6/c1-33(2,3)23-11-7-21(8-12-23)29(37)19-27(31(39)40)35-25-15-17-26(18-16-25)36-28(32(41)42)20-30(38)22-9-13-24(14-10-22)34(4,5)6/h7-14,25-28,35-36H,15-20H2,1-6H3,(H,39,40)(H,41,42)/t25?,26?,27-,28-/m1/s1. The minimum absolute atomic E-state index is 0.0428. The number of Topliss-reactive ketones (excluding diaryl/α,β-unsaturated/α-hetero) is 2. The Labute approximate surface area is 249 Å². The maximum atomic E-state index is 12.9. The van der Waals surface area contributed by atoms with E-state index in [1.165, 1.54) is 0 Å². The average Bonchev–Trinajstić information content (AvgIpc) is 2.92. The number of carboxylic acid groups (broad SMARTS) is 2. The molecular weight excluding hydrogens is 532 g/mol. The Bertz CT molecular complexity index is 1150. The highest BCUT2D eigenvalue weighted by Crippen LogP contribution is 2.25. The number of hydrogen-bond acceptors (Lipinski definition) is 6. The van der Waals surface area contributed by atoms with Gasteiger partial charge in [-0.3, -0.25) is 19.2 Å². The zero-order valence-corrected chi connectivity index (χ0v) is 25.7. The van der Waals surface area contributed by atoms with Crippen molar-refractivity contribution in [3.8, 4) is 0 Å². The van der Waals surface area contributed by atoms with Gasteiger partial charge in [-0.1, -0.05) is 90.1 Å². The minimum Gasteiger partial charge on any atom is -0.480 e. The average molecular weight is 579 g/mol. The van der Waals surface area contributed by atoms with Gasteiger partial charge in [0.1, 0.15) is 12.1 Å². The third kappa shape index (κ3) is 9.33. The summed E-state index contributed by atoms with van der Waals surface area (Å²) in [6.45, 7) is 12.5. The summed E-state index contributed by atoms with van der Waals surface area (Å²) in [5, 5.41) is 25.9. The maximum absolute atomic E-state index is 12.9. The van der Waals surface area contributed by atoms with Crippen molar-refractivity contribution < 1.29 is 29.4 Å². The molecule has 2 aromatic rings. The summed E-state index contributed by atoms with van der Waals surface area (Å²) in [7, 11) is 0. The smallest absolute Gasteiger partial charge is 0.321 e. The van der Waals surface area contributed by atoms with Crippen LogP contribution in [0.1, 0.15) is 112 Å². The number of carboxylic acids is 2. The summed E-state index contributed by atoms with van der Waals surface area (Å²) in [6.07, 6.45) is 2.22. The van der Waals surface area contributed by atoms with Gasteiger partial charge in [-0.25, -0.2) is 0 Å². The highest BCUT2D eigenvalue weighted by atomic mass is 16.4. The van der Waals surface area contributed by atoms with E-state index in [1.807, 2.05) is 24.3 Å². The number of nitrogens with one attached hydrogen (secondary N) is 2. The second-order valence-electron chi connectivity index (χ2n) is 13.6. The van der Waals surface area contributed by atoms with Gasteiger partial charge in [-0.05, 0) is 47.6 Å². The number of aliphatic carboxylic acids is 2. The first-order chi connectivity index (χ1) is 19.5. The molecule has 2 aromatic carbocycles. The molecule has 228 valence electrons. The summed E-state index contributed by atoms with van der Waals surface area (Å²) in [4.78, 5) is 49.7. The quantitative estimate of drug-likeness (QED) is 0.242. The Morgan fingerprint density at radius 1 is 0.619 bits per heavy atom. The first-order valence-electron chi connectivity index (χ1n) is 14.8. The zero-order valence-electron chi connectivity index (χ0n) is 25.7. The molecule has 1 aliphatic rings. The van der Waals surface area contributed by atoms with E-state index >= 15 is 0 Å². The lowest BCUT2D eigenvalue weighted by atomic mass is 9.86. The van der Waals surface area contributed by atoms with E-state index < -0.39 is 24.0 Å². The van der Waals surface area contributed by atoms with Gasteiger partial charge in [0.2, 0.25) is 0 Å². The van der Waals surface area contributed by atoms with Crippen LogP contribution in [-0.4, -0.2) is 57.9 Å². The van der Waals surface area contributed by atoms with Crippen LogP contribution >= 0.6 is 0 Å². The van der Waals surface area contributed by atoms with Crippen LogP contribution in [0.4, 0.5) is 0 Å². The fraction of sp³-hybridized carbons (Fsp3) is 0.529. The van der Waals surface area contributed by atoms with Crippen molar-refractivity contribution in [3.63, 3.8) is 0 Å². The molecule has 4 N–H and O–H groups in total. The van der Waals surface area contributed by atoms with Gasteiger partial charge >= 0.3 is 11.9 Å². The van der Waals surface area contributed by atoms with E-state index in [0.29, 0.717) is 36.8 Å². The fourth-order valence-electron chi connectivity index (χ4n) is 5.35. The lowest BCUT2D eigenvalue weighted by Crippen LogP contribution is -2.50. The van der Waals surface area contributed by atoms with E-state index in [-0.39, 0.29) is 47.3 Å². The van der Waals surface area contributed by atoms with E-state index in [0.717, 1.165) is 11.1 Å². The Morgan fingerprint density at radius 2 is 0.905 bits per heavy atom. The third-order valence-corrected chi connectivity index (χ3v) is 8.12. The Kier molecular flexibility index (Phi) is 10.8. The molecule has 0 aliphatic heterocycles. The highest BCUT2D eigenvalue weighted by molar-refractivity contribution is 5.99. The van der Waals surface area contributed by atoms with Gasteiger partial charge in [0.05, 0.1) is 0 Å². The number of ketones is 2. The van der Waals surface area contributed by atoms with Crippen molar-refractivity contribution in [2.45, 2.75) is 115 Å². The molecule has 0 heterocycles. The van der Waals surface area contributed by atoms with Crippen LogP contribution in [0.5, 0.6) is 0 Å². The number of hydrogen-bond donors (Lipinski definition) is 4. The van der Waals surface area contributed by atoms with E-state index in [9.17, 15) is 29.4 Å². The zero-order chi connectivity index (χ0) is 31.2. The van der Waals surface area contributed by atoms with Gasteiger partial charge in [0.25, 0.3) is 0 Å². The Morgan fingerprint density at radius 3 is 1.14 bits per heavy atom. The Balaban J connectivity index is 1.52. The monoisotopic (exact) mass is 578 g/mol. The number of benzene rings is 2. The van der Waals surface area contributed by atoms with Gasteiger partial charge in [-0.15, -0.1) is 0 Å². The molecule has 0 spiro atoms. The van der Waals surface area contributed by atoms with Crippen molar-refractivity contribution >= 4 is 23.5 Å². The lowest BCUT2D eigenvalue weighted by Gasteiger charge is -2.33. The van der Waals surface area contributed by atoms with Crippen molar-refractivity contribution in [2.24, 2.45) is 0 Å². The number of rotatable bonds is 12. The van der Waals surface area contributed by atoms with Crippen LogP contribution < -0.4 is 10.6 Å². The number of carbonyl (C=O) groups is 4. The summed E-state index contributed by atoms with van der Waals surface area (Å²) in [6, 6.07) is 12.4. The first-order valence-corrected chi connectivity index (χ1v) is 14.8. The molecule has 0 aromatic heterocycles. The Hall–Kier alpha value is -3.36. The van der Waals surface area contributed by atoms with Gasteiger partial charge in [-0.2, -0.15) is 0 Å². The predicted molar refractivity (Wildman–Crippen MR) is 163 cm³/mol. The third-order valence-electron chi connectivity index (χ3n) is 8.12. The van der Waals surface area contributed by atoms with Gasteiger partial charge in [0, 0.05) is 36.1 Å². The summed E-state index contributed by atoms with van der Waals surface area (Å²) in [5.74, 6) is -2.61. The minimum atomic E-state index is -1.07. The molecule has 3 rings (SSSR count). The summed E-state index contributed by atoms with van der Waals surface area (Å²) in [5.41, 5.74) is 3.09. The predicted octanol–water partition coefficient (Wildman–Crippen LogP) is 5.52. The van der Waals surface area contributed by atoms with Gasteiger partial charge < -0.3 is 20.8 Å². The molecule has 0 unspecified atom stereocenters. The largest absolute Gasteiger partial charge is 0.480 e. The summed E-state index contributed by atoms with van der Waals surface area (Å²) >= 11 is 0. The van der Waals surface area contributed by atoms with Crippen LogP contribution in [-0.2, 0) is 20.4 Å². The summed E-state index contributed by atoms with van der Waals surface area (Å²) < 4.78 is 0. The lowest BCUT2D eigenvalue weighted by molar-refractivity contribution is -0.140. The van der Waals surface area contributed by atoms with Crippen LogP contribution in [0.3, 0.4) is 0 Å². The molecule has 0 amide bonds. The van der Waals surface area contributed by atoms with Crippen LogP contribution in [0.15, 0.2) is 48.5 Å². The van der Waals surface area contributed by atoms with Gasteiger partial charge in [0.15, 0.2) is 11.6 Å². The van der Waals surface area contributed by atoms with Crippen molar-refractivity contribution in [3.05, 3.63) is 70.8 Å². The molecule has 8 heteroatoms.